The highest BCUT2D eigenvalue weighted by Gasteiger charge is 2.17. The summed E-state index contributed by atoms with van der Waals surface area (Å²) in [4.78, 5) is 40.8. The van der Waals surface area contributed by atoms with Crippen LogP contribution < -0.4 is 16.1 Å². The van der Waals surface area contributed by atoms with Crippen LogP contribution in [0.5, 0.6) is 0 Å². The maximum atomic E-state index is 14.7. The molecule has 0 aliphatic carbocycles. The van der Waals surface area contributed by atoms with E-state index in [1.807, 2.05) is 0 Å². The normalized spacial score (nSPS) is 10.8. The number of benzene rings is 3. The van der Waals surface area contributed by atoms with Gasteiger partial charge in [-0.1, -0.05) is 47.5 Å². The molecule has 3 aromatic carbocycles. The molecule has 0 saturated carbocycles. The molecule has 4 aromatic rings. The first kappa shape index (κ1) is 23.5. The zero-order valence-corrected chi connectivity index (χ0v) is 19.1. The van der Waals surface area contributed by atoms with E-state index in [0.717, 1.165) is 23.4 Å². The number of nitrogens with one attached hydrogen (secondary N) is 3. The summed E-state index contributed by atoms with van der Waals surface area (Å²) in [5.41, 5.74) is 0.585. The molecule has 0 aliphatic rings. The van der Waals surface area contributed by atoms with Gasteiger partial charge in [0.1, 0.15) is 11.4 Å². The van der Waals surface area contributed by atoms with Gasteiger partial charge in [-0.15, -0.1) is 0 Å². The summed E-state index contributed by atoms with van der Waals surface area (Å²) in [5.74, 6) is -1.97. The van der Waals surface area contributed by atoms with Crippen molar-refractivity contribution in [1.29, 1.82) is 0 Å². The topological polar surface area (TPSA) is 91.1 Å². The molecule has 172 valence electrons. The number of H-pyrrole nitrogens is 1. The largest absolute Gasteiger partial charge is 0.358 e. The van der Waals surface area contributed by atoms with Crippen LogP contribution in [0.2, 0.25) is 10.0 Å². The van der Waals surface area contributed by atoms with Crippen molar-refractivity contribution < 1.29 is 14.0 Å². The number of aromatic amines is 1. The van der Waals surface area contributed by atoms with Crippen molar-refractivity contribution in [2.45, 2.75) is 13.1 Å². The van der Waals surface area contributed by atoms with Gasteiger partial charge in [0.2, 0.25) is 5.43 Å². The van der Waals surface area contributed by atoms with E-state index in [1.54, 1.807) is 48.5 Å². The number of hydrogen-bond acceptors (Lipinski definition) is 3. The molecule has 9 heteroatoms. The molecule has 1 heterocycles. The molecule has 0 atom stereocenters. The third kappa shape index (κ3) is 5.27. The molecule has 6 nitrogen and oxygen atoms in total. The lowest BCUT2D eigenvalue weighted by Gasteiger charge is -2.09. The van der Waals surface area contributed by atoms with Crippen molar-refractivity contribution in [2.75, 3.05) is 0 Å². The van der Waals surface area contributed by atoms with E-state index >= 15 is 0 Å². The standard InChI is InChI=1S/C25H18Cl2FN3O3/c26-17-5-1-14(2-6-17)11-30-24(33)16-9-19-22(21(28)10-16)29-13-20(23(19)32)25(34)31-12-15-3-7-18(27)8-4-15/h1-10,13H,11-12H2,(H,29,32)(H,30,33)(H,31,34). The Morgan fingerprint density at radius 3 is 1.91 bits per heavy atom. The summed E-state index contributed by atoms with van der Waals surface area (Å²) in [6.07, 6.45) is 1.16. The minimum Gasteiger partial charge on any atom is -0.358 e. The van der Waals surface area contributed by atoms with Crippen LogP contribution in [0.25, 0.3) is 10.9 Å². The Kier molecular flexibility index (Phi) is 6.95. The maximum Gasteiger partial charge on any atom is 0.257 e. The number of pyridine rings is 1. The Hall–Kier alpha value is -3.68. The van der Waals surface area contributed by atoms with E-state index in [-0.39, 0.29) is 35.1 Å². The quantitative estimate of drug-likeness (QED) is 0.356. The van der Waals surface area contributed by atoms with Gasteiger partial charge in [-0.2, -0.15) is 0 Å². The van der Waals surface area contributed by atoms with E-state index in [1.165, 1.54) is 6.07 Å². The molecule has 0 bridgehead atoms. The summed E-state index contributed by atoms with van der Waals surface area (Å²) >= 11 is 11.7. The lowest BCUT2D eigenvalue weighted by Crippen LogP contribution is -2.29. The molecular weight excluding hydrogens is 480 g/mol. The molecule has 1 aromatic heterocycles. The second kappa shape index (κ2) is 10.1. The average Bonchev–Trinajstić information content (AvgIpc) is 2.83. The molecule has 0 spiro atoms. The Morgan fingerprint density at radius 2 is 1.35 bits per heavy atom. The summed E-state index contributed by atoms with van der Waals surface area (Å²) in [6.45, 7) is 0.369. The highest BCUT2D eigenvalue weighted by atomic mass is 35.5. The van der Waals surface area contributed by atoms with Crippen LogP contribution in [0.1, 0.15) is 31.8 Å². The average molecular weight is 498 g/mol. The van der Waals surface area contributed by atoms with E-state index in [4.69, 9.17) is 23.2 Å². The second-order valence-electron chi connectivity index (χ2n) is 7.53. The molecule has 3 N–H and O–H groups in total. The summed E-state index contributed by atoms with van der Waals surface area (Å²) in [7, 11) is 0. The first-order valence-electron chi connectivity index (χ1n) is 10.2. The van der Waals surface area contributed by atoms with Gasteiger partial charge in [0.05, 0.1) is 10.9 Å². The maximum absolute atomic E-state index is 14.7. The zero-order chi connectivity index (χ0) is 24.2. The number of halogens is 3. The zero-order valence-electron chi connectivity index (χ0n) is 17.6. The van der Waals surface area contributed by atoms with Crippen molar-refractivity contribution in [3.8, 4) is 0 Å². The van der Waals surface area contributed by atoms with Crippen LogP contribution in [0, 0.1) is 5.82 Å². The molecule has 0 saturated heterocycles. The van der Waals surface area contributed by atoms with Crippen LogP contribution in [-0.2, 0) is 13.1 Å². The van der Waals surface area contributed by atoms with Gasteiger partial charge in [-0.05, 0) is 47.5 Å². The molecule has 4 rings (SSSR count). The molecule has 0 unspecified atom stereocenters. The van der Waals surface area contributed by atoms with Gasteiger partial charge in [-0.25, -0.2) is 4.39 Å². The number of hydrogen-bond donors (Lipinski definition) is 3. The van der Waals surface area contributed by atoms with Gasteiger partial charge < -0.3 is 15.6 Å². The van der Waals surface area contributed by atoms with Crippen LogP contribution in [0.3, 0.4) is 0 Å². The number of fused-ring (bicyclic) bond motifs is 1. The third-order valence-electron chi connectivity index (χ3n) is 5.18. The SMILES string of the molecule is O=C(NCc1ccc(Cl)cc1)c1cc(F)c2[nH]cc(C(=O)NCc3ccc(Cl)cc3)c(=O)c2c1. The summed E-state index contributed by atoms with van der Waals surface area (Å²) in [6, 6.07) is 16.1. The van der Waals surface area contributed by atoms with Crippen LogP contribution >= 0.6 is 23.2 Å². The molecule has 0 fully saturated rings. The Bertz CT molecular complexity index is 1440. The fraction of sp³-hybridized carbons (Fsp3) is 0.0800. The summed E-state index contributed by atoms with van der Waals surface area (Å²) < 4.78 is 14.7. The first-order valence-corrected chi connectivity index (χ1v) is 11.0. The van der Waals surface area contributed by atoms with Gasteiger partial charge >= 0.3 is 0 Å². The van der Waals surface area contributed by atoms with Crippen molar-refractivity contribution in [1.82, 2.24) is 15.6 Å². The second-order valence-corrected chi connectivity index (χ2v) is 8.40. The van der Waals surface area contributed by atoms with Gasteiger partial charge in [-0.3, -0.25) is 14.4 Å². The minimum atomic E-state index is -0.778. The molecular formula is C25H18Cl2FN3O3. The molecule has 0 radical (unpaired) electrons. The lowest BCUT2D eigenvalue weighted by molar-refractivity contribution is 0.0942. The van der Waals surface area contributed by atoms with Crippen molar-refractivity contribution in [2.24, 2.45) is 0 Å². The lowest BCUT2D eigenvalue weighted by atomic mass is 10.1. The van der Waals surface area contributed by atoms with Gasteiger partial charge in [0, 0.05) is 34.9 Å². The molecule has 0 aliphatic heterocycles. The monoisotopic (exact) mass is 497 g/mol. The van der Waals surface area contributed by atoms with Crippen molar-refractivity contribution in [3.05, 3.63) is 115 Å². The van der Waals surface area contributed by atoms with Crippen molar-refractivity contribution in [3.63, 3.8) is 0 Å². The Morgan fingerprint density at radius 1 is 0.824 bits per heavy atom. The van der Waals surface area contributed by atoms with Crippen LogP contribution in [0.4, 0.5) is 4.39 Å². The first-order chi connectivity index (χ1) is 16.3. The highest BCUT2D eigenvalue weighted by Crippen LogP contribution is 2.17. The van der Waals surface area contributed by atoms with Gasteiger partial charge in [0.25, 0.3) is 11.8 Å². The fourth-order valence-corrected chi connectivity index (χ4v) is 3.61. The number of carbonyl (C=O) groups is 2. The smallest absolute Gasteiger partial charge is 0.257 e. The fourth-order valence-electron chi connectivity index (χ4n) is 3.35. The predicted octanol–water partition coefficient (Wildman–Crippen LogP) is 4.83. The van der Waals surface area contributed by atoms with E-state index in [0.29, 0.717) is 10.0 Å². The number of aromatic nitrogens is 1. The van der Waals surface area contributed by atoms with Crippen LogP contribution in [-0.4, -0.2) is 16.8 Å². The van der Waals surface area contributed by atoms with E-state index in [9.17, 15) is 18.8 Å². The van der Waals surface area contributed by atoms with Crippen LogP contribution in [0.15, 0.2) is 71.7 Å². The van der Waals surface area contributed by atoms with Crippen molar-refractivity contribution >= 4 is 45.9 Å². The van der Waals surface area contributed by atoms with E-state index < -0.39 is 23.1 Å². The van der Waals surface area contributed by atoms with E-state index in [2.05, 4.69) is 15.6 Å². The van der Waals surface area contributed by atoms with Gasteiger partial charge in [0.15, 0.2) is 0 Å². The predicted molar refractivity (Wildman–Crippen MR) is 130 cm³/mol. The Labute approximate surface area is 203 Å². The Balaban J connectivity index is 1.55. The number of amides is 2. The number of carbonyl (C=O) groups excluding carboxylic acids is 2. The third-order valence-corrected chi connectivity index (χ3v) is 5.68. The molecule has 34 heavy (non-hydrogen) atoms. The molecule has 2 amide bonds. The highest BCUT2D eigenvalue weighted by molar-refractivity contribution is 6.30. The minimum absolute atomic E-state index is 0.0387. The number of rotatable bonds is 6. The summed E-state index contributed by atoms with van der Waals surface area (Å²) in [5, 5.41) is 6.36.